The minimum absolute atomic E-state index is 0.365. The summed E-state index contributed by atoms with van der Waals surface area (Å²) in [4.78, 5) is 70.4. The maximum Gasteiger partial charge on any atom is 0.326 e. The monoisotopic (exact) mass is 461 g/mol. The molecule has 0 aliphatic heterocycles. The number of primary amides is 1. The van der Waals surface area contributed by atoms with E-state index in [0.717, 1.165) is 0 Å². The second-order valence-corrected chi connectivity index (χ2v) is 7.37. The van der Waals surface area contributed by atoms with Crippen LogP contribution in [0.2, 0.25) is 0 Å². The molecule has 0 spiro atoms. The molecule has 10 N–H and O–H groups in total. The molecule has 32 heavy (non-hydrogen) atoms. The van der Waals surface area contributed by atoms with Crippen molar-refractivity contribution in [2.75, 3.05) is 0 Å². The fourth-order valence-electron chi connectivity index (χ4n) is 2.56. The average Bonchev–Trinajstić information content (AvgIpc) is 2.67. The summed E-state index contributed by atoms with van der Waals surface area (Å²) >= 11 is 0. The van der Waals surface area contributed by atoms with Gasteiger partial charge in [-0.25, -0.2) is 4.79 Å². The van der Waals surface area contributed by atoms with Crippen LogP contribution >= 0.6 is 0 Å². The first kappa shape index (κ1) is 28.7. The molecular formula is C18H31N5O9. The van der Waals surface area contributed by atoms with Gasteiger partial charge < -0.3 is 42.7 Å². The highest BCUT2D eigenvalue weighted by Crippen LogP contribution is 2.10. The third-order valence-electron chi connectivity index (χ3n) is 4.61. The Bertz CT molecular complexity index is 728. The summed E-state index contributed by atoms with van der Waals surface area (Å²) in [5.41, 5.74) is 10.5. The van der Waals surface area contributed by atoms with Gasteiger partial charge in [0.05, 0.1) is 25.0 Å². The van der Waals surface area contributed by atoms with Gasteiger partial charge in [-0.1, -0.05) is 20.3 Å². The average molecular weight is 461 g/mol. The maximum absolute atomic E-state index is 12.7. The van der Waals surface area contributed by atoms with Crippen LogP contribution in [0.5, 0.6) is 0 Å². The van der Waals surface area contributed by atoms with Crippen LogP contribution in [0, 0.1) is 5.92 Å². The van der Waals surface area contributed by atoms with E-state index >= 15 is 0 Å². The molecule has 0 aromatic rings. The number of hydrogen-bond donors (Lipinski definition) is 8. The molecular weight excluding hydrogens is 430 g/mol. The van der Waals surface area contributed by atoms with Crippen molar-refractivity contribution in [3.63, 3.8) is 0 Å². The fraction of sp³-hybridized carbons (Fsp3) is 0.667. The molecule has 14 heteroatoms. The zero-order valence-corrected chi connectivity index (χ0v) is 18.0. The first-order valence-corrected chi connectivity index (χ1v) is 9.78. The Morgan fingerprint density at radius 2 is 1.34 bits per heavy atom. The number of carboxylic acid groups (broad SMARTS) is 2. The molecule has 14 nitrogen and oxygen atoms in total. The number of carbonyl (C=O) groups excluding carboxylic acids is 4. The van der Waals surface area contributed by atoms with E-state index in [-0.39, 0.29) is 0 Å². The summed E-state index contributed by atoms with van der Waals surface area (Å²) in [7, 11) is 0. The molecule has 0 rings (SSSR count). The third-order valence-corrected chi connectivity index (χ3v) is 4.61. The molecule has 0 aromatic carbocycles. The summed E-state index contributed by atoms with van der Waals surface area (Å²) in [5.74, 6) is -7.29. The normalized spacial score (nSPS) is 16.4. The van der Waals surface area contributed by atoms with Gasteiger partial charge in [-0.2, -0.15) is 0 Å². The minimum Gasteiger partial charge on any atom is -0.481 e. The molecule has 0 fully saturated rings. The van der Waals surface area contributed by atoms with Crippen LogP contribution in [-0.2, 0) is 28.8 Å². The van der Waals surface area contributed by atoms with E-state index in [1.807, 2.05) is 0 Å². The number of nitrogens with one attached hydrogen (secondary N) is 3. The van der Waals surface area contributed by atoms with Gasteiger partial charge in [0.15, 0.2) is 0 Å². The number of amides is 4. The van der Waals surface area contributed by atoms with E-state index in [0.29, 0.717) is 6.42 Å². The number of carbonyl (C=O) groups is 6. The topological polar surface area (TPSA) is 251 Å². The summed E-state index contributed by atoms with van der Waals surface area (Å²) in [6.07, 6.45) is -2.45. The summed E-state index contributed by atoms with van der Waals surface area (Å²) in [6, 6.07) is -5.97. The van der Waals surface area contributed by atoms with E-state index in [1.165, 1.54) is 6.92 Å². The second-order valence-electron chi connectivity index (χ2n) is 7.37. The van der Waals surface area contributed by atoms with Crippen LogP contribution in [0.3, 0.4) is 0 Å². The SMILES string of the molecule is CCC(C)C(NC(=O)C(NC(=O)C(N)CC(N)=O)C(C)O)C(=O)NC(CC(=O)O)C(=O)O. The number of aliphatic hydroxyl groups is 1. The highest BCUT2D eigenvalue weighted by Gasteiger charge is 2.34. The van der Waals surface area contributed by atoms with E-state index < -0.39 is 84.6 Å². The Hall–Kier alpha value is -3.26. The van der Waals surface area contributed by atoms with E-state index in [4.69, 9.17) is 21.7 Å². The Balaban J connectivity index is 5.52. The molecule has 0 bridgehead atoms. The van der Waals surface area contributed by atoms with Crippen LogP contribution in [-0.4, -0.2) is 81.2 Å². The lowest BCUT2D eigenvalue weighted by molar-refractivity contribution is -0.147. The molecule has 6 atom stereocenters. The third kappa shape index (κ3) is 9.70. The summed E-state index contributed by atoms with van der Waals surface area (Å²) in [6.45, 7) is 4.46. The van der Waals surface area contributed by atoms with Crippen molar-refractivity contribution in [3.05, 3.63) is 0 Å². The van der Waals surface area contributed by atoms with E-state index in [9.17, 15) is 33.9 Å². The molecule has 0 saturated carbocycles. The molecule has 6 unspecified atom stereocenters. The first-order valence-electron chi connectivity index (χ1n) is 9.78. The lowest BCUT2D eigenvalue weighted by atomic mass is 9.97. The molecule has 0 aliphatic rings. The van der Waals surface area contributed by atoms with Gasteiger partial charge >= 0.3 is 11.9 Å². The number of hydrogen-bond acceptors (Lipinski definition) is 8. The standard InChI is InChI=1S/C18H31N5O9/c1-4-7(2)13(16(29)21-10(18(31)32)6-12(26)27)22-17(30)14(8(3)24)23-15(28)9(19)5-11(20)25/h7-10,13-14,24H,4-6,19H2,1-3H3,(H2,20,25)(H,21,29)(H,22,30)(H,23,28)(H,26,27)(H,31,32). The smallest absolute Gasteiger partial charge is 0.326 e. The quantitative estimate of drug-likeness (QED) is 0.127. The van der Waals surface area contributed by atoms with E-state index in [2.05, 4.69) is 16.0 Å². The van der Waals surface area contributed by atoms with Crippen molar-refractivity contribution < 1.29 is 44.1 Å². The van der Waals surface area contributed by atoms with Crippen molar-refractivity contribution in [2.24, 2.45) is 17.4 Å². The lowest BCUT2D eigenvalue weighted by Gasteiger charge is -2.28. The Kier molecular flexibility index (Phi) is 11.9. The lowest BCUT2D eigenvalue weighted by Crippen LogP contribution is -2.61. The van der Waals surface area contributed by atoms with Crippen molar-refractivity contribution >= 4 is 35.6 Å². The number of aliphatic carboxylic acids is 2. The fourth-order valence-corrected chi connectivity index (χ4v) is 2.56. The molecule has 4 amide bonds. The van der Waals surface area contributed by atoms with Crippen LogP contribution in [0.4, 0.5) is 0 Å². The zero-order valence-electron chi connectivity index (χ0n) is 18.0. The summed E-state index contributed by atoms with van der Waals surface area (Å²) in [5, 5.41) is 34.4. The molecule has 182 valence electrons. The molecule has 0 saturated heterocycles. The van der Waals surface area contributed by atoms with Crippen molar-refractivity contribution in [2.45, 2.75) is 70.3 Å². The minimum atomic E-state index is -1.73. The molecule has 0 aromatic heterocycles. The molecule has 0 aliphatic carbocycles. The van der Waals surface area contributed by atoms with Crippen molar-refractivity contribution in [1.29, 1.82) is 0 Å². The molecule has 0 heterocycles. The largest absolute Gasteiger partial charge is 0.481 e. The summed E-state index contributed by atoms with van der Waals surface area (Å²) < 4.78 is 0. The predicted octanol–water partition coefficient (Wildman–Crippen LogP) is -3.37. The highest BCUT2D eigenvalue weighted by molar-refractivity contribution is 5.95. The van der Waals surface area contributed by atoms with Crippen LogP contribution < -0.4 is 27.4 Å². The van der Waals surface area contributed by atoms with Gasteiger partial charge in [0.1, 0.15) is 18.1 Å². The number of nitrogens with two attached hydrogens (primary N) is 2. The Morgan fingerprint density at radius 3 is 1.75 bits per heavy atom. The first-order chi connectivity index (χ1) is 14.7. The maximum atomic E-state index is 12.7. The van der Waals surface area contributed by atoms with Crippen molar-refractivity contribution in [1.82, 2.24) is 16.0 Å². The Morgan fingerprint density at radius 1 is 0.844 bits per heavy atom. The van der Waals surface area contributed by atoms with Crippen LogP contribution in [0.25, 0.3) is 0 Å². The van der Waals surface area contributed by atoms with Gasteiger partial charge in [0.2, 0.25) is 23.6 Å². The van der Waals surface area contributed by atoms with Gasteiger partial charge in [-0.15, -0.1) is 0 Å². The number of carboxylic acids is 2. The number of rotatable bonds is 14. The van der Waals surface area contributed by atoms with Crippen molar-refractivity contribution in [3.8, 4) is 0 Å². The van der Waals surface area contributed by atoms with E-state index in [1.54, 1.807) is 13.8 Å². The second kappa shape index (κ2) is 13.2. The van der Waals surface area contributed by atoms with Gasteiger partial charge in [-0.3, -0.25) is 24.0 Å². The van der Waals surface area contributed by atoms with Gasteiger partial charge in [-0.05, 0) is 12.8 Å². The van der Waals surface area contributed by atoms with Gasteiger partial charge in [0, 0.05) is 0 Å². The number of aliphatic hydroxyl groups excluding tert-OH is 1. The van der Waals surface area contributed by atoms with Crippen LogP contribution in [0.15, 0.2) is 0 Å². The Labute approximate surface area is 184 Å². The van der Waals surface area contributed by atoms with Crippen LogP contribution in [0.1, 0.15) is 40.0 Å². The zero-order chi connectivity index (χ0) is 25.2. The molecule has 0 radical (unpaired) electrons. The highest BCUT2D eigenvalue weighted by atomic mass is 16.4. The predicted molar refractivity (Wildman–Crippen MR) is 109 cm³/mol. The van der Waals surface area contributed by atoms with Gasteiger partial charge in [0.25, 0.3) is 0 Å².